The van der Waals surface area contributed by atoms with E-state index in [1.807, 2.05) is 0 Å². The lowest BCUT2D eigenvalue weighted by Crippen LogP contribution is -2.62. The molecule has 2 aromatic carbocycles. The maximum absolute atomic E-state index is 14.4. The van der Waals surface area contributed by atoms with Crippen LogP contribution in [0.15, 0.2) is 72.1 Å². The van der Waals surface area contributed by atoms with Crippen LogP contribution in [0.1, 0.15) is 130 Å². The van der Waals surface area contributed by atoms with Crippen molar-refractivity contribution in [2.24, 2.45) is 45.7 Å². The van der Waals surface area contributed by atoms with Gasteiger partial charge in [-0.2, -0.15) is 0 Å². The number of carboxylic acids is 2. The predicted octanol–water partition coefficient (Wildman–Crippen LogP) is -5.05. The van der Waals surface area contributed by atoms with Crippen LogP contribution in [0, 0.1) is 17.8 Å². The first-order valence-corrected chi connectivity index (χ1v) is 36.2. The summed E-state index contributed by atoms with van der Waals surface area (Å²) in [6.07, 6.45) is 0.417. The van der Waals surface area contributed by atoms with Gasteiger partial charge in [-0.15, -0.1) is 0 Å². The van der Waals surface area contributed by atoms with Gasteiger partial charge in [0, 0.05) is 37.7 Å². The zero-order chi connectivity index (χ0) is 82.3. The highest BCUT2D eigenvalue weighted by atomic mass is 16.4. The summed E-state index contributed by atoms with van der Waals surface area (Å²) in [6, 6.07) is -1.11. The van der Waals surface area contributed by atoms with Crippen molar-refractivity contribution in [1.29, 1.82) is 0 Å². The number of unbranched alkanes of at least 4 members (excludes halogenated alkanes) is 1. The molecule has 3 aromatic rings. The molecule has 13 amide bonds. The largest absolute Gasteiger partial charge is 0.508 e. The molecule has 26 N–H and O–H groups in total. The summed E-state index contributed by atoms with van der Waals surface area (Å²) in [7, 11) is 0. The first kappa shape index (κ1) is 92.9. The van der Waals surface area contributed by atoms with Gasteiger partial charge in [-0.3, -0.25) is 72.1 Å². The van der Waals surface area contributed by atoms with Crippen LogP contribution in [0.2, 0.25) is 0 Å². The van der Waals surface area contributed by atoms with Crippen molar-refractivity contribution in [1.82, 2.24) is 79.1 Å². The second-order valence-electron chi connectivity index (χ2n) is 27.3. The molecule has 1 heterocycles. The molecular formula is C71H110N20O19. The van der Waals surface area contributed by atoms with E-state index in [9.17, 15) is 92.3 Å². The Bertz CT molecular complexity index is 3580. The van der Waals surface area contributed by atoms with Gasteiger partial charge in [0.05, 0.1) is 38.1 Å². The summed E-state index contributed by atoms with van der Waals surface area (Å²) >= 11 is 0. The van der Waals surface area contributed by atoms with E-state index in [1.165, 1.54) is 31.6 Å². The van der Waals surface area contributed by atoms with E-state index in [0.29, 0.717) is 36.1 Å². The number of phenols is 1. The van der Waals surface area contributed by atoms with Crippen LogP contribution in [0.3, 0.4) is 0 Å². The van der Waals surface area contributed by atoms with E-state index in [-0.39, 0.29) is 75.7 Å². The lowest BCUT2D eigenvalue weighted by Gasteiger charge is -2.30. The Morgan fingerprint density at radius 1 is 0.509 bits per heavy atom. The fraction of sp³-hybridized carbons (Fsp3) is 0.563. The molecule has 0 spiro atoms. The molecule has 0 aliphatic rings. The Morgan fingerprint density at radius 3 is 1.57 bits per heavy atom. The number of aromatic nitrogens is 2. The average Bonchev–Trinajstić information content (AvgIpc) is 1.16. The third-order valence-corrected chi connectivity index (χ3v) is 17.2. The van der Waals surface area contributed by atoms with Crippen LogP contribution in [0.5, 0.6) is 5.75 Å². The third kappa shape index (κ3) is 34.7. The molecule has 13 atom stereocenters. The molecule has 608 valence electrons. The topological polar surface area (TPSA) is 638 Å². The number of guanidine groups is 1. The molecule has 110 heavy (non-hydrogen) atoms. The molecule has 1 aromatic heterocycles. The molecule has 0 saturated heterocycles. The van der Waals surface area contributed by atoms with Crippen molar-refractivity contribution in [2.45, 2.75) is 205 Å². The summed E-state index contributed by atoms with van der Waals surface area (Å²) < 4.78 is 0. The number of hydrogen-bond donors (Lipinski definition) is 22. The van der Waals surface area contributed by atoms with Crippen LogP contribution in [0.4, 0.5) is 0 Å². The van der Waals surface area contributed by atoms with Crippen molar-refractivity contribution < 1.29 is 92.3 Å². The van der Waals surface area contributed by atoms with Gasteiger partial charge in [-0.25, -0.2) is 9.78 Å². The zero-order valence-corrected chi connectivity index (χ0v) is 63.1. The summed E-state index contributed by atoms with van der Waals surface area (Å²) in [5, 5.41) is 72.0. The Morgan fingerprint density at radius 2 is 1.01 bits per heavy atom. The van der Waals surface area contributed by atoms with Crippen molar-refractivity contribution in [3.05, 3.63) is 83.9 Å². The number of aliphatic carboxylic acids is 2. The summed E-state index contributed by atoms with van der Waals surface area (Å²) in [5.41, 5.74) is 24.3. The summed E-state index contributed by atoms with van der Waals surface area (Å²) in [6.45, 7) is 10.3. The minimum absolute atomic E-state index is 0.0173. The van der Waals surface area contributed by atoms with Crippen LogP contribution in [0.25, 0.3) is 0 Å². The predicted molar refractivity (Wildman–Crippen MR) is 399 cm³/mol. The smallest absolute Gasteiger partial charge is 0.326 e. The minimum atomic E-state index is -1.87. The van der Waals surface area contributed by atoms with E-state index >= 15 is 0 Å². The monoisotopic (exact) mass is 1550 g/mol. The Hall–Kier alpha value is -11.4. The maximum Gasteiger partial charge on any atom is 0.326 e. The number of hydrogen-bond acceptors (Lipinski definition) is 21. The van der Waals surface area contributed by atoms with E-state index in [4.69, 9.17) is 22.9 Å². The molecule has 0 aliphatic carbocycles. The number of aliphatic hydroxyl groups excluding tert-OH is 1. The molecule has 39 nitrogen and oxygen atoms in total. The highest BCUT2D eigenvalue weighted by Crippen LogP contribution is 2.16. The number of nitrogens with two attached hydrogens (primary N) is 4. The number of H-pyrrole nitrogens is 1. The molecule has 0 unspecified atom stereocenters. The van der Waals surface area contributed by atoms with Gasteiger partial charge in [0.1, 0.15) is 66.2 Å². The number of carbonyl (C=O) groups excluding carboxylic acids is 13. The number of rotatable bonds is 50. The van der Waals surface area contributed by atoms with E-state index in [0.717, 1.165) is 6.92 Å². The fourth-order valence-corrected chi connectivity index (χ4v) is 10.8. The number of phenolic OH excluding ortho intramolecular Hbond substituents is 1. The number of aliphatic hydroxyl groups is 1. The van der Waals surface area contributed by atoms with Gasteiger partial charge in [-0.1, -0.05) is 90.4 Å². The number of aliphatic imine (C=N–C) groups is 1. The second kappa shape index (κ2) is 48.1. The average molecular weight is 1550 g/mol. The number of benzene rings is 2. The number of nitrogens with zero attached hydrogens (tertiary/aromatic N) is 2. The van der Waals surface area contributed by atoms with Crippen molar-refractivity contribution in [3.63, 3.8) is 0 Å². The molecule has 0 fully saturated rings. The van der Waals surface area contributed by atoms with Crippen molar-refractivity contribution in [3.8, 4) is 5.75 Å². The summed E-state index contributed by atoms with van der Waals surface area (Å²) in [4.78, 5) is 213. The highest BCUT2D eigenvalue weighted by molar-refractivity contribution is 5.99. The van der Waals surface area contributed by atoms with Crippen LogP contribution in [-0.4, -0.2) is 230 Å². The maximum atomic E-state index is 14.4. The molecule has 0 radical (unpaired) electrons. The standard InChI is InChI=1S/C71H110N20O19/c1-9-39(6)58(70(109)110)90-64(103)47(18-13-14-26-72)86-68(107)57(38(4)5)89-67(106)50(28-37(2)3)88-69(108)59(41(8)92)91-65(104)49(24-25-56(97)98)83-54(95)34-78-53(94)33-80-62(101)52(31-44-32-76-36-81-44)87-63(102)48(19-15-27-77-71(74)75)85-66(105)51(30-42-16-11-10-12-17-42)84-55(96)35-79-60(99)40(7)82-61(100)46(73)29-43-20-22-45(93)23-21-43/h10-12,16-17,20-23,32,36-41,46-52,57-59,92-93H,9,13-15,18-19,24-31,33-35,72-73H2,1-8H3,(H,76,81)(H,78,94)(H,79,99)(H,80,101)(H,82,100)(H,83,95)(H,84,96)(H,85,105)(H,86,107)(H,87,102)(H,88,108)(H,89,106)(H,90,103)(H,91,104)(H,97,98)(H,109,110)(H4,74,75,77)/t39-,40-,41+,46-,47-,48-,49-,50-,51-,52-,57-,58-,59-/m0/s1. The van der Waals surface area contributed by atoms with E-state index in [2.05, 4.69) is 84.1 Å². The van der Waals surface area contributed by atoms with Gasteiger partial charge in [0.2, 0.25) is 76.8 Å². The normalized spacial score (nSPS) is 14.6. The molecule has 39 heteroatoms. The number of carboxylic acid groups (broad SMARTS) is 2. The number of aromatic amines is 1. The lowest BCUT2D eigenvalue weighted by atomic mass is 9.97. The number of imidazole rings is 1. The van der Waals surface area contributed by atoms with Gasteiger partial charge in [0.15, 0.2) is 5.96 Å². The first-order chi connectivity index (χ1) is 51.9. The Kier molecular flexibility index (Phi) is 40.6. The molecule has 0 bridgehead atoms. The fourth-order valence-electron chi connectivity index (χ4n) is 10.8. The number of aromatic hydroxyl groups is 1. The van der Waals surface area contributed by atoms with Gasteiger partial charge in [0.25, 0.3) is 0 Å². The quantitative estimate of drug-likeness (QED) is 0.0143. The van der Waals surface area contributed by atoms with Crippen LogP contribution < -0.4 is 92.1 Å². The molecular weight excluding hydrogens is 1440 g/mol. The van der Waals surface area contributed by atoms with Crippen LogP contribution >= 0.6 is 0 Å². The summed E-state index contributed by atoms with van der Waals surface area (Å²) in [5.74, 6) is -16.4. The number of carbonyl (C=O) groups is 15. The second-order valence-corrected chi connectivity index (χ2v) is 27.3. The first-order valence-electron chi connectivity index (χ1n) is 36.2. The zero-order valence-electron chi connectivity index (χ0n) is 63.1. The Balaban J connectivity index is 1.76. The molecule has 3 rings (SSSR count). The third-order valence-electron chi connectivity index (χ3n) is 17.2. The molecule has 0 saturated carbocycles. The number of amides is 13. The van der Waals surface area contributed by atoms with Crippen molar-refractivity contribution >= 4 is 94.7 Å². The van der Waals surface area contributed by atoms with Gasteiger partial charge >= 0.3 is 11.9 Å². The number of nitrogens with one attached hydrogen (secondary N) is 14. The van der Waals surface area contributed by atoms with E-state index < -0.39 is 206 Å². The minimum Gasteiger partial charge on any atom is -0.508 e. The van der Waals surface area contributed by atoms with E-state index in [1.54, 1.807) is 84.0 Å². The molecule has 0 aliphatic heterocycles. The Labute approximate surface area is 636 Å². The van der Waals surface area contributed by atoms with Gasteiger partial charge in [-0.05, 0) is 113 Å². The lowest BCUT2D eigenvalue weighted by molar-refractivity contribution is -0.144. The van der Waals surface area contributed by atoms with Gasteiger partial charge < -0.3 is 117 Å². The van der Waals surface area contributed by atoms with Crippen molar-refractivity contribution in [2.75, 3.05) is 32.7 Å². The SMILES string of the molecule is CC[C@H](C)[C@H](NC(=O)[C@H](CCCCN)NC(=O)[C@@H](NC(=O)[C@H](CC(C)C)NC(=O)[C@@H](NC(=O)[C@H](CCC(=O)O)NC(=O)CNC(=O)CNC(=O)[C@H](Cc1cnc[nH]1)NC(=O)[C@H](CCCN=C(N)N)NC(=O)[C@H](Cc1ccccc1)NC(=O)CNC(=O)[C@H](C)NC(=O)[C@@H](N)Cc1ccc(O)cc1)[C@@H](C)O)C(C)C)C(=O)O. The van der Waals surface area contributed by atoms with Crippen LogP contribution in [-0.2, 0) is 91.2 Å². The highest BCUT2D eigenvalue weighted by Gasteiger charge is 2.38.